The van der Waals surface area contributed by atoms with Crippen LogP contribution in [0, 0.1) is 11.3 Å². The van der Waals surface area contributed by atoms with E-state index in [0.29, 0.717) is 34.4 Å². The maximum Gasteiger partial charge on any atom is 0.109 e. The molecule has 4 heterocycles. The lowest BCUT2D eigenvalue weighted by atomic mass is 9.98. The summed E-state index contributed by atoms with van der Waals surface area (Å²) in [6.45, 7) is 9.37. The molecule has 2 N–H and O–H groups in total. The van der Waals surface area contributed by atoms with Crippen molar-refractivity contribution in [3.05, 3.63) is 94.7 Å². The molecule has 11 heteroatoms. The van der Waals surface area contributed by atoms with Crippen molar-refractivity contribution in [3.8, 4) is 6.07 Å². The van der Waals surface area contributed by atoms with E-state index >= 15 is 0 Å². The predicted molar refractivity (Wildman–Crippen MR) is 174 cm³/mol. The Morgan fingerprint density at radius 2 is 1.89 bits per heavy atom. The highest BCUT2D eigenvalue weighted by Crippen LogP contribution is 2.37. The van der Waals surface area contributed by atoms with E-state index in [0.717, 1.165) is 54.0 Å². The predicted octanol–water partition coefficient (Wildman–Crippen LogP) is 6.33. The Labute approximate surface area is 262 Å². The fourth-order valence-corrected chi connectivity index (χ4v) is 6.16. The molecule has 0 amide bonds. The number of nitrogens with zero attached hydrogens (tertiary/aromatic N) is 8. The van der Waals surface area contributed by atoms with E-state index in [-0.39, 0.29) is 11.6 Å². The smallest absolute Gasteiger partial charge is 0.109 e. The number of rotatable bonds is 8. The number of hydrogen-bond donors (Lipinski definition) is 2. The van der Waals surface area contributed by atoms with Gasteiger partial charge in [0.15, 0.2) is 0 Å². The van der Waals surface area contributed by atoms with Crippen LogP contribution in [-0.4, -0.2) is 53.3 Å². The molecular formula is C33H37ClN10. The average molecular weight is 609 g/mol. The van der Waals surface area contributed by atoms with Gasteiger partial charge < -0.3 is 10.6 Å². The first-order valence-electron chi connectivity index (χ1n) is 14.9. The summed E-state index contributed by atoms with van der Waals surface area (Å²) in [6, 6.07) is 18.1. The minimum atomic E-state index is -0.301. The van der Waals surface area contributed by atoms with Gasteiger partial charge in [-0.05, 0) is 57.4 Å². The fourth-order valence-electron chi connectivity index (χ4n) is 5.94. The lowest BCUT2D eigenvalue weighted by Gasteiger charge is -2.40. The third kappa shape index (κ3) is 6.11. The largest absolute Gasteiger partial charge is 0.378 e. The topological polar surface area (TPSA) is 113 Å². The molecule has 0 unspecified atom stereocenters. The molecule has 1 saturated heterocycles. The van der Waals surface area contributed by atoms with Crippen LogP contribution in [0.1, 0.15) is 68.2 Å². The minimum absolute atomic E-state index is 0.163. The molecule has 0 aliphatic carbocycles. The number of benzene rings is 2. The number of aromatic nitrogens is 6. The number of anilines is 2. The van der Waals surface area contributed by atoms with E-state index in [1.54, 1.807) is 17.1 Å². The van der Waals surface area contributed by atoms with Crippen LogP contribution >= 0.6 is 11.6 Å². The third-order valence-corrected chi connectivity index (χ3v) is 8.69. The van der Waals surface area contributed by atoms with Crippen molar-refractivity contribution in [2.24, 2.45) is 7.05 Å². The number of nitrogens with one attached hydrogen (secondary N) is 2. The fraction of sp³-hybridized carbons (Fsp3) is 0.364. The van der Waals surface area contributed by atoms with E-state index in [9.17, 15) is 5.26 Å². The molecule has 1 aliphatic heterocycles. The summed E-state index contributed by atoms with van der Waals surface area (Å²) in [4.78, 5) is 7.25. The number of hydrogen-bond acceptors (Lipinski definition) is 8. The molecule has 226 valence electrons. The Hall–Kier alpha value is -4.46. The second kappa shape index (κ2) is 12.3. The molecule has 0 saturated carbocycles. The number of halogens is 1. The quantitative estimate of drug-likeness (QED) is 0.210. The zero-order valence-corrected chi connectivity index (χ0v) is 26.3. The molecule has 0 spiro atoms. The van der Waals surface area contributed by atoms with Crippen molar-refractivity contribution in [2.45, 2.75) is 57.8 Å². The summed E-state index contributed by atoms with van der Waals surface area (Å²) in [7, 11) is 1.89. The Kier molecular flexibility index (Phi) is 8.25. The Morgan fingerprint density at radius 1 is 1.11 bits per heavy atom. The highest BCUT2D eigenvalue weighted by molar-refractivity contribution is 6.32. The van der Waals surface area contributed by atoms with Gasteiger partial charge in [-0.2, -0.15) is 10.4 Å². The van der Waals surface area contributed by atoms with Crippen molar-refractivity contribution in [3.63, 3.8) is 0 Å². The van der Waals surface area contributed by atoms with Gasteiger partial charge in [-0.25, -0.2) is 4.68 Å². The van der Waals surface area contributed by atoms with Crippen LogP contribution in [0.15, 0.2) is 67.1 Å². The second-order valence-corrected chi connectivity index (χ2v) is 12.7. The van der Waals surface area contributed by atoms with Gasteiger partial charge in [0.2, 0.25) is 0 Å². The molecule has 2 aromatic carbocycles. The monoisotopic (exact) mass is 608 g/mol. The number of nitriles is 1. The highest BCUT2D eigenvalue weighted by Gasteiger charge is 2.29. The van der Waals surface area contributed by atoms with Gasteiger partial charge in [-0.3, -0.25) is 14.6 Å². The number of likely N-dealkylation sites (tertiary alicyclic amines) is 1. The first kappa shape index (κ1) is 29.6. The Bertz CT molecular complexity index is 1790. The van der Waals surface area contributed by atoms with Crippen LogP contribution in [0.5, 0.6) is 0 Å². The average Bonchev–Trinajstić information content (AvgIpc) is 3.67. The molecule has 1 atom stereocenters. The standard InChI is InChI=1S/C33H37ClN10/c1-33(2,3)43-14-11-25(12-15-43)44-21-29(40-41-44)31(22-8-6-5-7-9-22)39-28-17-24(34)16-27-30(23(18-35)19-36-32(27)28)37-20-26-10-13-38-42(26)4/h5-10,13,16-17,19,21,25,31,39H,11-12,14-15,20H2,1-4H3,(H,36,37)/t31-/m0/s1. The number of fused-ring (bicyclic) bond motifs is 1. The van der Waals surface area contributed by atoms with E-state index in [1.807, 2.05) is 48.1 Å². The van der Waals surface area contributed by atoms with Crippen molar-refractivity contribution < 1.29 is 0 Å². The summed E-state index contributed by atoms with van der Waals surface area (Å²) < 4.78 is 3.83. The van der Waals surface area contributed by atoms with E-state index in [2.05, 4.69) is 76.1 Å². The molecule has 1 fully saturated rings. The first-order chi connectivity index (χ1) is 21.2. The molecule has 10 nitrogen and oxygen atoms in total. The van der Waals surface area contributed by atoms with Crippen LogP contribution in [0.2, 0.25) is 5.02 Å². The number of aryl methyl sites for hydroxylation is 1. The molecule has 3 aromatic heterocycles. The van der Waals surface area contributed by atoms with Crippen molar-refractivity contribution >= 4 is 33.9 Å². The zero-order valence-electron chi connectivity index (χ0n) is 25.5. The summed E-state index contributed by atoms with van der Waals surface area (Å²) >= 11 is 6.71. The maximum absolute atomic E-state index is 9.92. The molecule has 44 heavy (non-hydrogen) atoms. The van der Waals surface area contributed by atoms with Crippen LogP contribution in [0.4, 0.5) is 11.4 Å². The highest BCUT2D eigenvalue weighted by atomic mass is 35.5. The van der Waals surface area contributed by atoms with Gasteiger partial charge >= 0.3 is 0 Å². The molecule has 0 bridgehead atoms. The van der Waals surface area contributed by atoms with Gasteiger partial charge in [-0.1, -0.05) is 47.1 Å². The lowest BCUT2D eigenvalue weighted by Crippen LogP contribution is -2.46. The summed E-state index contributed by atoms with van der Waals surface area (Å²) in [5.74, 6) is 0. The van der Waals surface area contributed by atoms with Crippen molar-refractivity contribution in [1.29, 1.82) is 5.26 Å². The van der Waals surface area contributed by atoms with Crippen LogP contribution in [0.25, 0.3) is 10.9 Å². The zero-order chi connectivity index (χ0) is 30.8. The van der Waals surface area contributed by atoms with E-state index < -0.39 is 0 Å². The molecular weight excluding hydrogens is 572 g/mol. The molecule has 0 radical (unpaired) electrons. The van der Waals surface area contributed by atoms with Crippen LogP contribution in [0.3, 0.4) is 0 Å². The van der Waals surface area contributed by atoms with Crippen molar-refractivity contribution in [1.82, 2.24) is 34.7 Å². The Balaban J connectivity index is 1.34. The lowest BCUT2D eigenvalue weighted by molar-refractivity contribution is 0.0866. The van der Waals surface area contributed by atoms with Crippen LogP contribution in [-0.2, 0) is 13.6 Å². The summed E-state index contributed by atoms with van der Waals surface area (Å²) in [5, 5.41) is 31.8. The first-order valence-corrected chi connectivity index (χ1v) is 15.3. The summed E-state index contributed by atoms with van der Waals surface area (Å²) in [6.07, 6.45) is 7.48. The van der Waals surface area contributed by atoms with Gasteiger partial charge in [0.1, 0.15) is 11.8 Å². The van der Waals surface area contributed by atoms with Gasteiger partial charge in [0.25, 0.3) is 0 Å². The van der Waals surface area contributed by atoms with Gasteiger partial charge in [0, 0.05) is 48.5 Å². The number of piperidine rings is 1. The normalized spacial score (nSPS) is 15.3. The summed E-state index contributed by atoms with van der Waals surface area (Å²) in [5.41, 5.74) is 5.54. The van der Waals surface area contributed by atoms with Gasteiger partial charge in [0.05, 0.1) is 53.0 Å². The van der Waals surface area contributed by atoms with Crippen LogP contribution < -0.4 is 10.6 Å². The maximum atomic E-state index is 9.92. The molecule has 5 aromatic rings. The third-order valence-electron chi connectivity index (χ3n) is 8.47. The van der Waals surface area contributed by atoms with E-state index in [4.69, 9.17) is 16.6 Å². The Morgan fingerprint density at radius 3 is 2.57 bits per heavy atom. The van der Waals surface area contributed by atoms with E-state index in [1.165, 1.54) is 0 Å². The number of pyridine rings is 1. The van der Waals surface area contributed by atoms with Gasteiger partial charge in [-0.15, -0.1) is 5.10 Å². The molecule has 1 aliphatic rings. The second-order valence-electron chi connectivity index (χ2n) is 12.3. The molecule has 6 rings (SSSR count). The SMILES string of the molecule is Cn1nccc1CNc1c(C#N)cnc2c(N[C@@H](c3ccccc3)c3cn(C4CCN(C(C)(C)C)CC4)nn3)cc(Cl)cc12. The van der Waals surface area contributed by atoms with Crippen molar-refractivity contribution in [2.75, 3.05) is 23.7 Å². The minimum Gasteiger partial charge on any atom is -0.378 e.